The summed E-state index contributed by atoms with van der Waals surface area (Å²) in [6.45, 7) is 6.66. The van der Waals surface area contributed by atoms with Crippen molar-refractivity contribution in [2.75, 3.05) is 13.5 Å². The van der Waals surface area contributed by atoms with E-state index in [0.29, 0.717) is 0 Å². The van der Waals surface area contributed by atoms with E-state index in [1.807, 2.05) is 0 Å². The van der Waals surface area contributed by atoms with Crippen molar-refractivity contribution in [2.45, 2.75) is 26.2 Å². The van der Waals surface area contributed by atoms with Crippen LogP contribution in [0.5, 0.6) is 0 Å². The lowest BCUT2D eigenvalue weighted by Gasteiger charge is -2.34. The van der Waals surface area contributed by atoms with Crippen LogP contribution in [-0.4, -0.2) is 64.0 Å². The first-order valence-electron chi connectivity index (χ1n) is 7.56. The fourth-order valence-electron chi connectivity index (χ4n) is 2.21. The van der Waals surface area contributed by atoms with Crippen LogP contribution in [0, 0.1) is 0 Å². The van der Waals surface area contributed by atoms with Crippen molar-refractivity contribution in [3.8, 4) is 0 Å². The van der Waals surface area contributed by atoms with Gasteiger partial charge in [0, 0.05) is 24.3 Å². The number of carbonyl (C=O) groups excluding carboxylic acids is 4. The molecule has 0 atom stereocenters. The molecule has 0 bridgehead atoms. The summed E-state index contributed by atoms with van der Waals surface area (Å²) in [5.41, 5.74) is 0. The Kier molecular flexibility index (Phi) is 5.53. The average molecular weight is 384 g/mol. The van der Waals surface area contributed by atoms with Crippen LogP contribution in [-0.2, 0) is 32.1 Å². The van der Waals surface area contributed by atoms with Crippen LogP contribution >= 0.6 is 0 Å². The van der Waals surface area contributed by atoms with Crippen molar-refractivity contribution in [1.29, 1.82) is 0 Å². The molecule has 25 heavy (non-hydrogen) atoms. The normalized spacial score (nSPS) is 18.2. The fourth-order valence-corrected chi connectivity index (χ4v) is 8.29. The van der Waals surface area contributed by atoms with E-state index in [1.165, 1.54) is 24.3 Å². The lowest BCUT2D eigenvalue weighted by atomic mass is 10.6. The second kappa shape index (κ2) is 7.13. The van der Waals surface area contributed by atoms with Gasteiger partial charge in [-0.3, -0.25) is 29.0 Å². The monoisotopic (exact) mass is 384 g/mol. The van der Waals surface area contributed by atoms with E-state index in [2.05, 4.69) is 0 Å². The third-order valence-corrected chi connectivity index (χ3v) is 8.96. The summed E-state index contributed by atoms with van der Waals surface area (Å²) in [5.74, 6) is -1.72. The molecule has 0 aliphatic carbocycles. The zero-order chi connectivity index (χ0) is 18.8. The van der Waals surface area contributed by atoms with Crippen molar-refractivity contribution in [1.82, 2.24) is 9.80 Å². The van der Waals surface area contributed by atoms with Crippen molar-refractivity contribution in [3.63, 3.8) is 0 Å². The van der Waals surface area contributed by atoms with Crippen molar-refractivity contribution >= 4 is 40.8 Å². The minimum Gasteiger partial charge on any atom is -0.415 e. The molecule has 9 nitrogen and oxygen atoms in total. The summed E-state index contributed by atoms with van der Waals surface area (Å²) in [7, 11) is -5.43. The Morgan fingerprint density at radius 3 is 1.24 bits per heavy atom. The third-order valence-electron chi connectivity index (χ3n) is 3.38. The zero-order valence-electron chi connectivity index (χ0n) is 14.5. The number of carbonyl (C=O) groups is 4. The van der Waals surface area contributed by atoms with Gasteiger partial charge in [0.1, 0.15) is 13.5 Å². The summed E-state index contributed by atoms with van der Waals surface area (Å²) in [5, 5.41) is 0. The first-order valence-corrected chi connectivity index (χ1v) is 13.2. The number of hydrogen-bond acceptors (Lipinski definition) is 7. The van der Waals surface area contributed by atoms with Gasteiger partial charge in [-0.1, -0.05) is 0 Å². The van der Waals surface area contributed by atoms with Crippen molar-refractivity contribution in [2.24, 2.45) is 0 Å². The van der Waals surface area contributed by atoms with E-state index in [9.17, 15) is 19.2 Å². The SMILES string of the molecule is C[Si](C)(OCN1C(=O)C=CC1=O)O[Si](C)(C)OCN1C(=O)C=CC1=O. The molecule has 0 unspecified atom stereocenters. The van der Waals surface area contributed by atoms with Crippen molar-refractivity contribution < 1.29 is 32.1 Å². The second-order valence-corrected chi connectivity index (χ2v) is 13.3. The molecule has 0 N–H and O–H groups in total. The van der Waals surface area contributed by atoms with Gasteiger partial charge in [-0.2, -0.15) is 0 Å². The first kappa shape index (κ1) is 19.4. The molecule has 0 saturated heterocycles. The standard InChI is InChI=1S/C14H20N2O7Si2/c1-24(2,21-9-15-11(17)5-6-12(15)18)23-25(3,4)22-10-16-13(19)7-8-14(16)20/h5-8H,9-10H2,1-4H3. The van der Waals surface area contributed by atoms with E-state index >= 15 is 0 Å². The highest BCUT2D eigenvalue weighted by Crippen LogP contribution is 2.19. The van der Waals surface area contributed by atoms with Gasteiger partial charge in [-0.25, -0.2) is 0 Å². The molecule has 2 aliphatic heterocycles. The molecule has 0 aromatic heterocycles. The molecule has 2 aliphatic rings. The molecule has 0 spiro atoms. The van der Waals surface area contributed by atoms with E-state index in [0.717, 1.165) is 9.80 Å². The van der Waals surface area contributed by atoms with Gasteiger partial charge in [0.05, 0.1) is 0 Å². The van der Waals surface area contributed by atoms with E-state index < -0.39 is 40.8 Å². The van der Waals surface area contributed by atoms with Gasteiger partial charge in [0.25, 0.3) is 23.6 Å². The maximum absolute atomic E-state index is 11.5. The van der Waals surface area contributed by atoms with Crippen LogP contribution in [0.25, 0.3) is 0 Å². The molecule has 11 heteroatoms. The average Bonchev–Trinajstić information content (AvgIpc) is 2.97. The predicted octanol–water partition coefficient (Wildman–Crippen LogP) is 0.205. The molecule has 4 amide bonds. The molecule has 0 aromatic carbocycles. The summed E-state index contributed by atoms with van der Waals surface area (Å²) < 4.78 is 17.3. The maximum atomic E-state index is 11.5. The van der Waals surface area contributed by atoms with Crippen LogP contribution in [0.15, 0.2) is 24.3 Å². The van der Waals surface area contributed by atoms with Crippen LogP contribution in [0.4, 0.5) is 0 Å². The smallest absolute Gasteiger partial charge is 0.324 e. The van der Waals surface area contributed by atoms with Gasteiger partial charge >= 0.3 is 17.1 Å². The summed E-state index contributed by atoms with van der Waals surface area (Å²) in [6.07, 6.45) is 4.73. The van der Waals surface area contributed by atoms with Crippen LogP contribution < -0.4 is 0 Å². The Labute approximate surface area is 147 Å². The number of imide groups is 2. The fraction of sp³-hybridized carbons (Fsp3) is 0.429. The van der Waals surface area contributed by atoms with Gasteiger partial charge in [-0.05, 0) is 26.2 Å². The number of amides is 4. The van der Waals surface area contributed by atoms with E-state index in [1.54, 1.807) is 26.2 Å². The van der Waals surface area contributed by atoms with E-state index in [-0.39, 0.29) is 13.5 Å². The Balaban J connectivity index is 1.85. The highest BCUT2D eigenvalue weighted by molar-refractivity contribution is 6.78. The summed E-state index contributed by atoms with van der Waals surface area (Å²) in [6, 6.07) is 0. The minimum absolute atomic E-state index is 0.193. The zero-order valence-corrected chi connectivity index (χ0v) is 16.5. The lowest BCUT2D eigenvalue weighted by Crippen LogP contribution is -2.51. The Hall–Kier alpha value is -1.93. The third kappa shape index (κ3) is 5.02. The van der Waals surface area contributed by atoms with E-state index in [4.69, 9.17) is 13.0 Å². The molecule has 136 valence electrons. The van der Waals surface area contributed by atoms with Gasteiger partial charge in [0.2, 0.25) is 0 Å². The molecule has 2 heterocycles. The lowest BCUT2D eigenvalue weighted by molar-refractivity contribution is -0.141. The highest BCUT2D eigenvalue weighted by Gasteiger charge is 2.39. The topological polar surface area (TPSA) is 102 Å². The molecular weight excluding hydrogens is 364 g/mol. The van der Waals surface area contributed by atoms with Crippen LogP contribution in [0.3, 0.4) is 0 Å². The summed E-state index contributed by atoms with van der Waals surface area (Å²) >= 11 is 0. The van der Waals surface area contributed by atoms with Crippen LogP contribution in [0.2, 0.25) is 26.2 Å². The van der Waals surface area contributed by atoms with Gasteiger partial charge in [-0.15, -0.1) is 0 Å². The molecule has 0 radical (unpaired) electrons. The van der Waals surface area contributed by atoms with Crippen molar-refractivity contribution in [3.05, 3.63) is 24.3 Å². The maximum Gasteiger partial charge on any atom is 0.324 e. The molecule has 0 saturated carbocycles. The van der Waals surface area contributed by atoms with Gasteiger partial charge < -0.3 is 13.0 Å². The van der Waals surface area contributed by atoms with Gasteiger partial charge in [0.15, 0.2) is 0 Å². The number of rotatable bonds is 8. The highest BCUT2D eigenvalue weighted by atomic mass is 28.5. The number of hydrogen-bond donors (Lipinski definition) is 0. The minimum atomic E-state index is -2.72. The Morgan fingerprint density at radius 1 is 0.680 bits per heavy atom. The number of nitrogens with zero attached hydrogens (tertiary/aromatic N) is 2. The predicted molar refractivity (Wildman–Crippen MR) is 89.9 cm³/mol. The molecular formula is C14H20N2O7Si2. The second-order valence-electron chi connectivity index (χ2n) is 6.32. The Morgan fingerprint density at radius 2 is 0.960 bits per heavy atom. The molecule has 0 aromatic rings. The Bertz CT molecular complexity index is 580. The quantitative estimate of drug-likeness (QED) is 0.435. The molecule has 0 fully saturated rings. The summed E-state index contributed by atoms with van der Waals surface area (Å²) in [4.78, 5) is 48.0. The largest absolute Gasteiger partial charge is 0.415 e. The first-order chi connectivity index (χ1) is 11.5. The van der Waals surface area contributed by atoms with Crippen LogP contribution in [0.1, 0.15) is 0 Å². The molecule has 2 rings (SSSR count).